The van der Waals surface area contributed by atoms with Gasteiger partial charge in [0.25, 0.3) is 0 Å². The first-order valence-corrected chi connectivity index (χ1v) is 8.36. The third-order valence-electron chi connectivity index (χ3n) is 3.92. The van der Waals surface area contributed by atoms with Crippen LogP contribution in [0.3, 0.4) is 0 Å². The molecular weight excluding hydrogens is 441 g/mol. The molecule has 1 heterocycles. The third-order valence-corrected chi connectivity index (χ3v) is 4.89. The fourth-order valence-corrected chi connectivity index (χ4v) is 3.88. The molecule has 0 amide bonds. The summed E-state index contributed by atoms with van der Waals surface area (Å²) in [6, 6.07) is 5.38. The highest BCUT2D eigenvalue weighted by Crippen LogP contribution is 2.44. The Morgan fingerprint density at radius 1 is 1.19 bits per heavy atom. The van der Waals surface area contributed by atoms with Crippen molar-refractivity contribution in [3.63, 3.8) is 0 Å². The number of nitrogens with zero attached hydrogens (tertiary/aromatic N) is 1. The van der Waals surface area contributed by atoms with Gasteiger partial charge >= 0.3 is 0 Å². The number of ether oxygens (including phenoxy) is 1. The largest absolute Gasteiger partial charge is 0.440 e. The Morgan fingerprint density at radius 2 is 1.90 bits per heavy atom. The predicted octanol–water partition coefficient (Wildman–Crippen LogP) is 6.29. The number of rotatable bonds is 1. The Labute approximate surface area is 153 Å². The number of hydrogen-bond donors (Lipinski definition) is 0. The van der Waals surface area contributed by atoms with Crippen LogP contribution in [0, 0.1) is 0 Å². The molecule has 0 unspecified atom stereocenters. The molecule has 1 fully saturated rings. The lowest BCUT2D eigenvalue weighted by molar-refractivity contribution is 0.285. The van der Waals surface area contributed by atoms with E-state index in [2.05, 4.69) is 15.9 Å². The van der Waals surface area contributed by atoms with E-state index < -0.39 is 0 Å². The van der Waals surface area contributed by atoms with Crippen molar-refractivity contribution in [3.05, 3.63) is 44.6 Å². The van der Waals surface area contributed by atoms with E-state index in [4.69, 9.17) is 32.9 Å². The molecule has 1 aromatic carbocycles. The molecule has 0 atom stereocenters. The van der Waals surface area contributed by atoms with Gasteiger partial charge in [0.15, 0.2) is 0 Å². The zero-order valence-electron chi connectivity index (χ0n) is 11.2. The molecule has 1 spiro atoms. The highest BCUT2D eigenvalue weighted by Gasteiger charge is 2.43. The fraction of sp³-hybridized carbons (Fsp3) is 0.400. The van der Waals surface area contributed by atoms with E-state index in [1.165, 1.54) is 19.3 Å². The van der Waals surface area contributed by atoms with Crippen molar-refractivity contribution in [2.24, 2.45) is 4.99 Å². The van der Waals surface area contributed by atoms with Gasteiger partial charge in [-0.15, -0.1) is 17.0 Å². The Balaban J connectivity index is 0.00000161. The van der Waals surface area contributed by atoms with Crippen LogP contribution in [-0.2, 0) is 4.74 Å². The van der Waals surface area contributed by atoms with E-state index in [1.54, 1.807) is 12.1 Å². The van der Waals surface area contributed by atoms with Crippen LogP contribution in [-0.4, -0.2) is 11.4 Å². The van der Waals surface area contributed by atoms with Crippen LogP contribution < -0.4 is 0 Å². The molecule has 2 aliphatic rings. The smallest absolute Gasteiger partial charge is 0.224 e. The van der Waals surface area contributed by atoms with Crippen molar-refractivity contribution in [2.45, 2.75) is 37.6 Å². The molecule has 0 aromatic heterocycles. The molecule has 0 saturated heterocycles. The molecule has 6 heteroatoms. The topological polar surface area (TPSA) is 21.6 Å². The summed E-state index contributed by atoms with van der Waals surface area (Å²) in [7, 11) is 0. The maximum atomic E-state index is 6.25. The van der Waals surface area contributed by atoms with Crippen molar-refractivity contribution in [3.8, 4) is 0 Å². The van der Waals surface area contributed by atoms with Gasteiger partial charge in [0.05, 0.1) is 10.6 Å². The molecular formula is C15H15Br2Cl2NO. The van der Waals surface area contributed by atoms with Gasteiger partial charge in [-0.05, 0) is 31.0 Å². The van der Waals surface area contributed by atoms with Crippen LogP contribution in [0.25, 0.3) is 0 Å². The van der Waals surface area contributed by atoms with Crippen LogP contribution in [0.4, 0.5) is 0 Å². The van der Waals surface area contributed by atoms with Crippen LogP contribution in [0.2, 0.25) is 10.0 Å². The van der Waals surface area contributed by atoms with E-state index >= 15 is 0 Å². The van der Waals surface area contributed by atoms with E-state index in [0.29, 0.717) is 15.9 Å². The molecule has 3 rings (SSSR count). The second kappa shape index (κ2) is 7.03. The Morgan fingerprint density at radius 3 is 2.52 bits per heavy atom. The van der Waals surface area contributed by atoms with Crippen LogP contribution in [0.1, 0.15) is 37.7 Å². The van der Waals surface area contributed by atoms with Gasteiger partial charge in [-0.1, -0.05) is 58.4 Å². The Bertz CT molecular complexity index is 595. The normalized spacial score (nSPS) is 21.9. The van der Waals surface area contributed by atoms with Crippen LogP contribution in [0.5, 0.6) is 0 Å². The number of hydrogen-bond acceptors (Lipinski definition) is 2. The van der Waals surface area contributed by atoms with Gasteiger partial charge in [-0.2, -0.15) is 0 Å². The SMILES string of the molecule is Br.Clc1ccc(C2=NC3(CCCCC3)C(=CBr)O2)c(Cl)c1. The lowest BCUT2D eigenvalue weighted by Gasteiger charge is -2.29. The zero-order chi connectivity index (χ0) is 14.2. The standard InChI is InChI=1S/C15H14BrCl2NO.BrH/c16-9-13-15(6-2-1-3-7-15)19-14(20-13)11-5-4-10(17)8-12(11)18;/h4-5,8-9H,1-3,6-7H2;1H. The number of benzene rings is 1. The lowest BCUT2D eigenvalue weighted by atomic mass is 9.81. The second-order valence-electron chi connectivity index (χ2n) is 5.21. The maximum absolute atomic E-state index is 6.25. The first-order chi connectivity index (χ1) is 9.64. The Hall–Kier alpha value is -0.0300. The molecule has 0 radical (unpaired) electrons. The summed E-state index contributed by atoms with van der Waals surface area (Å²) >= 11 is 15.6. The first kappa shape index (κ1) is 17.3. The quantitative estimate of drug-likeness (QED) is 0.487. The zero-order valence-corrected chi connectivity index (χ0v) is 16.1. The molecule has 1 aliphatic heterocycles. The molecule has 114 valence electrons. The van der Waals surface area contributed by atoms with Crippen LogP contribution >= 0.6 is 56.1 Å². The van der Waals surface area contributed by atoms with Gasteiger partial charge in [0, 0.05) is 10.0 Å². The molecule has 1 aromatic rings. The average molecular weight is 456 g/mol. The highest BCUT2D eigenvalue weighted by atomic mass is 79.9. The summed E-state index contributed by atoms with van der Waals surface area (Å²) in [6.07, 6.45) is 5.68. The van der Waals surface area contributed by atoms with Gasteiger partial charge in [0.2, 0.25) is 5.90 Å². The van der Waals surface area contributed by atoms with Crippen molar-refractivity contribution < 1.29 is 4.74 Å². The highest BCUT2D eigenvalue weighted by molar-refractivity contribution is 9.11. The van der Waals surface area contributed by atoms with Gasteiger partial charge in [-0.3, -0.25) is 0 Å². The van der Waals surface area contributed by atoms with Crippen molar-refractivity contribution in [1.29, 1.82) is 0 Å². The maximum Gasteiger partial charge on any atom is 0.224 e. The number of halogens is 4. The minimum Gasteiger partial charge on any atom is -0.440 e. The van der Waals surface area contributed by atoms with Gasteiger partial charge < -0.3 is 4.74 Å². The molecule has 1 aliphatic carbocycles. The summed E-state index contributed by atoms with van der Waals surface area (Å²) in [5.74, 6) is 1.48. The molecule has 1 saturated carbocycles. The average Bonchev–Trinajstić information content (AvgIpc) is 2.77. The minimum atomic E-state index is -0.208. The van der Waals surface area contributed by atoms with Crippen molar-refractivity contribution in [2.75, 3.05) is 0 Å². The van der Waals surface area contributed by atoms with Crippen LogP contribution in [0.15, 0.2) is 33.9 Å². The molecule has 2 nitrogen and oxygen atoms in total. The first-order valence-electron chi connectivity index (χ1n) is 6.69. The van der Waals surface area contributed by atoms with Crippen molar-refractivity contribution >= 4 is 62.0 Å². The van der Waals surface area contributed by atoms with Crippen molar-refractivity contribution in [1.82, 2.24) is 0 Å². The van der Waals surface area contributed by atoms with Gasteiger partial charge in [-0.25, -0.2) is 4.99 Å². The number of aliphatic imine (C=N–C) groups is 1. The van der Waals surface area contributed by atoms with E-state index in [-0.39, 0.29) is 22.5 Å². The minimum absolute atomic E-state index is 0. The lowest BCUT2D eigenvalue weighted by Crippen LogP contribution is -2.29. The summed E-state index contributed by atoms with van der Waals surface area (Å²) in [6.45, 7) is 0. The molecule has 21 heavy (non-hydrogen) atoms. The third kappa shape index (κ3) is 3.34. The monoisotopic (exact) mass is 453 g/mol. The Kier molecular flexibility index (Phi) is 5.80. The predicted molar refractivity (Wildman–Crippen MR) is 97.2 cm³/mol. The summed E-state index contributed by atoms with van der Waals surface area (Å²) in [5, 5.41) is 1.18. The summed E-state index contributed by atoms with van der Waals surface area (Å²) < 4.78 is 5.95. The summed E-state index contributed by atoms with van der Waals surface area (Å²) in [5.41, 5.74) is 0.588. The second-order valence-corrected chi connectivity index (χ2v) is 6.51. The van der Waals surface area contributed by atoms with E-state index in [9.17, 15) is 0 Å². The fourth-order valence-electron chi connectivity index (χ4n) is 2.87. The van der Waals surface area contributed by atoms with Gasteiger partial charge in [0.1, 0.15) is 11.3 Å². The van der Waals surface area contributed by atoms with E-state index in [1.807, 2.05) is 11.1 Å². The molecule has 0 N–H and O–H groups in total. The van der Waals surface area contributed by atoms with E-state index in [0.717, 1.165) is 24.2 Å². The summed E-state index contributed by atoms with van der Waals surface area (Å²) in [4.78, 5) is 6.71. The molecule has 0 bridgehead atoms.